The fraction of sp³-hybridized carbons (Fsp3) is 0.467. The quantitative estimate of drug-likeness (QED) is 0.602. The number of quaternary nitrogens is 1. The molecule has 0 aliphatic rings. The minimum Gasteiger partial charge on any atom is -0.544 e. The molecule has 3 N–H and O–H groups in total. The molecule has 9 heteroatoms. The summed E-state index contributed by atoms with van der Waals surface area (Å²) >= 11 is 0. The molecule has 1 aromatic carbocycles. The molecular weight excluding hydrogens is 329 g/mol. The predicted octanol–water partition coefficient (Wildman–Crippen LogP) is -0.248. The number of hydrogen-bond donors (Lipinski definition) is 2. The Morgan fingerprint density at radius 2 is 2.08 bits per heavy atom. The van der Waals surface area contributed by atoms with Gasteiger partial charge >= 0.3 is 6.18 Å². The van der Waals surface area contributed by atoms with Crippen LogP contribution in [0.4, 0.5) is 18.9 Å². The van der Waals surface area contributed by atoms with Gasteiger partial charge < -0.3 is 25.3 Å². The molecule has 134 valence electrons. The van der Waals surface area contributed by atoms with E-state index in [1.54, 1.807) is 0 Å². The number of rotatable bonds is 9. The number of methoxy groups -OCH3 is 1. The van der Waals surface area contributed by atoms with E-state index in [2.05, 4.69) is 5.32 Å². The van der Waals surface area contributed by atoms with E-state index < -0.39 is 36.1 Å². The number of alkyl halides is 3. The number of benzene rings is 1. The average Bonchev–Trinajstić information content (AvgIpc) is 2.49. The van der Waals surface area contributed by atoms with Crippen LogP contribution in [-0.4, -0.2) is 38.2 Å². The smallest absolute Gasteiger partial charge is 0.416 e. The summed E-state index contributed by atoms with van der Waals surface area (Å²) in [6.07, 6.45) is -4.34. The van der Waals surface area contributed by atoms with E-state index in [0.29, 0.717) is 19.6 Å². The molecule has 1 aromatic rings. The highest BCUT2D eigenvalue weighted by Crippen LogP contribution is 2.30. The van der Waals surface area contributed by atoms with Gasteiger partial charge in [-0.1, -0.05) is 6.07 Å². The highest BCUT2D eigenvalue weighted by Gasteiger charge is 2.30. The number of amides is 1. The molecule has 0 fully saturated rings. The van der Waals surface area contributed by atoms with Crippen LogP contribution in [0.5, 0.6) is 0 Å². The Morgan fingerprint density at radius 1 is 1.38 bits per heavy atom. The van der Waals surface area contributed by atoms with Crippen molar-refractivity contribution in [3.63, 3.8) is 0 Å². The Morgan fingerprint density at radius 3 is 2.67 bits per heavy atom. The third kappa shape index (κ3) is 6.97. The van der Waals surface area contributed by atoms with Gasteiger partial charge in [-0.25, -0.2) is 0 Å². The number of ether oxygens (including phenoxy) is 1. The van der Waals surface area contributed by atoms with Crippen LogP contribution in [0.1, 0.15) is 18.4 Å². The van der Waals surface area contributed by atoms with Gasteiger partial charge in [-0.3, -0.25) is 4.79 Å². The second kappa shape index (κ2) is 9.24. The Bertz CT molecular complexity index is 564. The monoisotopic (exact) mass is 348 g/mol. The molecule has 0 heterocycles. The first-order chi connectivity index (χ1) is 11.2. The summed E-state index contributed by atoms with van der Waals surface area (Å²) in [6.45, 7) is 0.871. The lowest BCUT2D eigenvalue weighted by Gasteiger charge is -2.16. The van der Waals surface area contributed by atoms with Gasteiger partial charge in [-0.15, -0.1) is 0 Å². The maximum atomic E-state index is 12.6. The predicted molar refractivity (Wildman–Crippen MR) is 76.8 cm³/mol. The summed E-state index contributed by atoms with van der Waals surface area (Å²) in [5, 5.41) is 14.7. The van der Waals surface area contributed by atoms with Crippen molar-refractivity contribution >= 4 is 17.6 Å². The van der Waals surface area contributed by atoms with Crippen LogP contribution in [0.25, 0.3) is 0 Å². The van der Waals surface area contributed by atoms with E-state index in [-0.39, 0.29) is 5.69 Å². The Hall–Kier alpha value is -2.13. The van der Waals surface area contributed by atoms with Crippen molar-refractivity contribution in [2.45, 2.75) is 25.1 Å². The number of hydrogen-bond acceptors (Lipinski definition) is 4. The van der Waals surface area contributed by atoms with Gasteiger partial charge in [-0.2, -0.15) is 13.2 Å². The second-order valence-corrected chi connectivity index (χ2v) is 5.13. The van der Waals surface area contributed by atoms with Crippen molar-refractivity contribution in [1.82, 2.24) is 0 Å². The first-order valence-electron chi connectivity index (χ1n) is 7.24. The van der Waals surface area contributed by atoms with Gasteiger partial charge in [0.2, 0.25) is 5.91 Å². The van der Waals surface area contributed by atoms with Crippen molar-refractivity contribution in [3.8, 4) is 0 Å². The minimum atomic E-state index is -4.52. The van der Waals surface area contributed by atoms with Crippen LogP contribution in [0.2, 0.25) is 0 Å². The maximum Gasteiger partial charge on any atom is 0.416 e. The van der Waals surface area contributed by atoms with Crippen LogP contribution >= 0.6 is 0 Å². The molecule has 0 saturated carbocycles. The molecule has 0 aromatic heterocycles. The molecule has 0 radical (unpaired) electrons. The Labute approximate surface area is 137 Å². The lowest BCUT2D eigenvalue weighted by molar-refractivity contribution is -0.682. The zero-order chi connectivity index (χ0) is 18.2. The van der Waals surface area contributed by atoms with Crippen molar-refractivity contribution in [3.05, 3.63) is 29.8 Å². The zero-order valence-corrected chi connectivity index (χ0v) is 13.1. The fourth-order valence-electron chi connectivity index (χ4n) is 1.99. The van der Waals surface area contributed by atoms with Crippen LogP contribution in [0.15, 0.2) is 24.3 Å². The van der Waals surface area contributed by atoms with E-state index in [0.717, 1.165) is 18.2 Å². The van der Waals surface area contributed by atoms with Crippen LogP contribution in [-0.2, 0) is 20.5 Å². The Kier molecular flexibility index (Phi) is 7.66. The van der Waals surface area contributed by atoms with Gasteiger partial charge in [0.1, 0.15) is 6.04 Å². The molecule has 0 saturated heterocycles. The molecule has 6 nitrogen and oxygen atoms in total. The maximum absolute atomic E-state index is 12.6. The minimum absolute atomic E-state index is 0.0497. The van der Waals surface area contributed by atoms with Crippen molar-refractivity contribution in [1.29, 1.82) is 0 Å². The zero-order valence-electron chi connectivity index (χ0n) is 13.1. The molecular formula is C15H19F3N2O4. The summed E-state index contributed by atoms with van der Waals surface area (Å²) in [5.74, 6) is -2.11. The summed E-state index contributed by atoms with van der Waals surface area (Å²) in [6, 6.07) is 3.00. The van der Waals surface area contributed by atoms with E-state index in [1.807, 2.05) is 0 Å². The van der Waals surface area contributed by atoms with Crippen LogP contribution in [0, 0.1) is 0 Å². The summed E-state index contributed by atoms with van der Waals surface area (Å²) in [4.78, 5) is 22.9. The molecule has 1 rings (SSSR count). The fourth-order valence-corrected chi connectivity index (χ4v) is 1.99. The normalized spacial score (nSPS) is 12.7. The lowest BCUT2D eigenvalue weighted by Crippen LogP contribution is -2.93. The van der Waals surface area contributed by atoms with Crippen molar-refractivity contribution < 1.29 is 37.9 Å². The number of carbonyl (C=O) groups is 2. The van der Waals surface area contributed by atoms with Crippen LogP contribution in [0.3, 0.4) is 0 Å². The highest BCUT2D eigenvalue weighted by molar-refractivity contribution is 5.93. The third-order valence-corrected chi connectivity index (χ3v) is 3.19. The molecule has 0 unspecified atom stereocenters. The summed E-state index contributed by atoms with van der Waals surface area (Å²) in [5.41, 5.74) is -0.950. The lowest BCUT2D eigenvalue weighted by atomic mass is 10.1. The second-order valence-electron chi connectivity index (χ2n) is 5.13. The van der Waals surface area contributed by atoms with E-state index in [1.165, 1.54) is 18.5 Å². The SMILES string of the molecule is COCCC[NH2+][C@H](CC(=O)Nc1cccc(C(F)(F)F)c1)C(=O)[O-]. The molecule has 1 amide bonds. The molecule has 0 aliphatic carbocycles. The van der Waals surface area contributed by atoms with E-state index in [9.17, 15) is 27.9 Å². The average molecular weight is 348 g/mol. The van der Waals surface area contributed by atoms with E-state index in [4.69, 9.17) is 4.74 Å². The summed E-state index contributed by atoms with van der Waals surface area (Å²) < 4.78 is 42.7. The summed E-state index contributed by atoms with van der Waals surface area (Å²) in [7, 11) is 1.51. The molecule has 0 aliphatic heterocycles. The first-order valence-corrected chi connectivity index (χ1v) is 7.24. The number of aliphatic carboxylic acids is 1. The van der Waals surface area contributed by atoms with Gasteiger partial charge in [0, 0.05) is 19.2 Å². The highest BCUT2D eigenvalue weighted by atomic mass is 19.4. The Balaban J connectivity index is 2.61. The molecule has 1 atom stereocenters. The number of nitrogens with one attached hydrogen (secondary N) is 1. The number of carboxylic acid groups (broad SMARTS) is 1. The number of anilines is 1. The van der Waals surface area contributed by atoms with Crippen molar-refractivity contribution in [2.24, 2.45) is 0 Å². The number of carboxylic acids is 1. The third-order valence-electron chi connectivity index (χ3n) is 3.19. The van der Waals surface area contributed by atoms with Gasteiger partial charge in [0.25, 0.3) is 0 Å². The largest absolute Gasteiger partial charge is 0.544 e. The molecule has 0 spiro atoms. The standard InChI is InChI=1S/C15H19F3N2O4/c1-24-7-3-6-19-12(14(22)23)9-13(21)20-11-5-2-4-10(8-11)15(16,17)18/h2,4-5,8,12,19H,3,6-7,9H2,1H3,(H,20,21)(H,22,23)/t12-/m1/s1. The van der Waals surface area contributed by atoms with Gasteiger partial charge in [0.15, 0.2) is 0 Å². The van der Waals surface area contributed by atoms with Gasteiger partial charge in [0.05, 0.1) is 31.1 Å². The van der Waals surface area contributed by atoms with Crippen LogP contribution < -0.4 is 15.7 Å². The molecule has 24 heavy (non-hydrogen) atoms. The van der Waals surface area contributed by atoms with Crippen molar-refractivity contribution in [2.75, 3.05) is 25.6 Å². The first kappa shape index (κ1) is 19.9. The topological polar surface area (TPSA) is 95.1 Å². The molecule has 0 bridgehead atoms. The van der Waals surface area contributed by atoms with E-state index >= 15 is 0 Å². The number of halogens is 3. The van der Waals surface area contributed by atoms with Gasteiger partial charge in [-0.05, 0) is 18.2 Å². The number of nitrogens with two attached hydrogens (primary N) is 1. The number of carbonyl (C=O) groups excluding carboxylic acids is 2.